The van der Waals surface area contributed by atoms with Crippen molar-refractivity contribution in [3.8, 4) is 17.5 Å². The summed E-state index contributed by atoms with van der Waals surface area (Å²) in [5, 5.41) is 9.51. The zero-order chi connectivity index (χ0) is 27.2. The summed E-state index contributed by atoms with van der Waals surface area (Å²) >= 11 is 0. The maximum Gasteiger partial charge on any atom is 0.261 e. The van der Waals surface area contributed by atoms with Gasteiger partial charge in [-0.3, -0.25) is 14.2 Å². The van der Waals surface area contributed by atoms with Crippen molar-refractivity contribution in [1.29, 1.82) is 5.26 Å². The zero-order valence-corrected chi connectivity index (χ0v) is 22.0. The molecule has 0 saturated heterocycles. The van der Waals surface area contributed by atoms with Crippen molar-refractivity contribution in [2.45, 2.75) is 52.6 Å². The molecule has 0 fully saturated rings. The van der Waals surface area contributed by atoms with Gasteiger partial charge in [-0.2, -0.15) is 5.26 Å². The molecule has 38 heavy (non-hydrogen) atoms. The van der Waals surface area contributed by atoms with Crippen LogP contribution >= 0.6 is 0 Å². The van der Waals surface area contributed by atoms with E-state index in [-0.39, 0.29) is 11.5 Å². The summed E-state index contributed by atoms with van der Waals surface area (Å²) in [6, 6.07) is 17.4. The molecule has 0 saturated carbocycles. The summed E-state index contributed by atoms with van der Waals surface area (Å²) in [5.41, 5.74) is 10.4. The zero-order valence-electron chi connectivity index (χ0n) is 22.0. The lowest BCUT2D eigenvalue weighted by Crippen LogP contribution is -2.30. The van der Waals surface area contributed by atoms with Crippen molar-refractivity contribution in [2.24, 2.45) is 11.7 Å². The number of hydrogen-bond donors (Lipinski definition) is 1. The van der Waals surface area contributed by atoms with Crippen LogP contribution in [0.3, 0.4) is 0 Å². The molecule has 4 rings (SSSR count). The van der Waals surface area contributed by atoms with Gasteiger partial charge >= 0.3 is 0 Å². The number of allylic oxidation sites excluding steroid dienone is 4. The minimum absolute atomic E-state index is 0.103. The molecule has 2 unspecified atom stereocenters. The van der Waals surface area contributed by atoms with Crippen molar-refractivity contribution < 1.29 is 9.53 Å². The number of hydrogen-bond acceptors (Lipinski definition) is 5. The van der Waals surface area contributed by atoms with Gasteiger partial charge in [0.25, 0.3) is 11.5 Å². The van der Waals surface area contributed by atoms with Crippen molar-refractivity contribution >= 4 is 11.5 Å². The molecule has 1 aliphatic rings. The molecule has 3 aromatic rings. The van der Waals surface area contributed by atoms with Gasteiger partial charge in [0.05, 0.1) is 23.4 Å². The molecule has 1 amide bonds. The van der Waals surface area contributed by atoms with Gasteiger partial charge < -0.3 is 10.5 Å². The van der Waals surface area contributed by atoms with E-state index in [0.717, 1.165) is 35.2 Å². The van der Waals surface area contributed by atoms with Gasteiger partial charge in [0, 0.05) is 12.0 Å². The minimum atomic E-state index is -0.755. The van der Waals surface area contributed by atoms with E-state index in [0.29, 0.717) is 35.7 Å². The van der Waals surface area contributed by atoms with Gasteiger partial charge in [-0.1, -0.05) is 55.8 Å². The highest BCUT2D eigenvalue weighted by molar-refractivity contribution is 5.78. The summed E-state index contributed by atoms with van der Waals surface area (Å²) in [6.07, 6.45) is 8.02. The van der Waals surface area contributed by atoms with E-state index < -0.39 is 12.0 Å². The van der Waals surface area contributed by atoms with Crippen LogP contribution in [0.25, 0.3) is 11.3 Å². The van der Waals surface area contributed by atoms with Crippen LogP contribution in [0.15, 0.2) is 71.6 Å². The van der Waals surface area contributed by atoms with Crippen LogP contribution in [0.5, 0.6) is 5.75 Å². The quantitative estimate of drug-likeness (QED) is 0.445. The third kappa shape index (κ3) is 5.76. The van der Waals surface area contributed by atoms with Crippen molar-refractivity contribution in [3.63, 3.8) is 0 Å². The standard InChI is InChI=1S/C31H32N4O3/c1-4-7-29-28(18-22-10-12-23(13-11-22)27-9-6-5-8-24(27)19-32)31(37)35(21(3)34-29)25-14-16-26(17-15-25)38-20(2)30(33)36/h5-6,9-17,20,24H,4,7-8,18H2,1-3H3,(H2,33,36). The Balaban J connectivity index is 1.66. The molecule has 1 heterocycles. The normalized spacial score (nSPS) is 15.4. The van der Waals surface area contributed by atoms with Gasteiger partial charge in [-0.15, -0.1) is 0 Å². The Labute approximate surface area is 222 Å². The molecular weight excluding hydrogens is 476 g/mol. The fourth-order valence-electron chi connectivity index (χ4n) is 4.65. The summed E-state index contributed by atoms with van der Waals surface area (Å²) in [5.74, 6) is 0.401. The summed E-state index contributed by atoms with van der Waals surface area (Å²) in [6.45, 7) is 5.49. The average molecular weight is 509 g/mol. The fraction of sp³-hybridized carbons (Fsp3) is 0.290. The average Bonchev–Trinajstić information content (AvgIpc) is 2.92. The molecule has 194 valence electrons. The maximum atomic E-state index is 13.8. The van der Waals surface area contributed by atoms with Crippen LogP contribution in [0, 0.1) is 24.2 Å². The number of ether oxygens (including phenoxy) is 1. The Morgan fingerprint density at radius 2 is 1.92 bits per heavy atom. The first-order chi connectivity index (χ1) is 18.3. The first kappa shape index (κ1) is 26.6. The molecule has 2 N–H and O–H groups in total. The number of benzene rings is 2. The van der Waals surface area contributed by atoms with E-state index >= 15 is 0 Å². The van der Waals surface area contributed by atoms with E-state index in [4.69, 9.17) is 15.5 Å². The Bertz CT molecular complexity index is 1480. The molecular formula is C31H32N4O3. The van der Waals surface area contributed by atoms with Gasteiger partial charge in [-0.25, -0.2) is 4.98 Å². The lowest BCUT2D eigenvalue weighted by molar-refractivity contribution is -0.123. The van der Waals surface area contributed by atoms with Crippen molar-refractivity contribution in [1.82, 2.24) is 9.55 Å². The Morgan fingerprint density at radius 3 is 2.55 bits per heavy atom. The van der Waals surface area contributed by atoms with Crippen molar-refractivity contribution in [3.05, 3.63) is 105 Å². The molecule has 1 aliphatic carbocycles. The molecule has 7 heteroatoms. The number of nitrogens with zero attached hydrogens (tertiary/aromatic N) is 3. The topological polar surface area (TPSA) is 111 Å². The van der Waals surface area contributed by atoms with Crippen LogP contribution < -0.4 is 16.0 Å². The highest BCUT2D eigenvalue weighted by atomic mass is 16.5. The third-order valence-corrected chi connectivity index (χ3v) is 6.71. The number of carbonyl (C=O) groups excluding carboxylic acids is 1. The molecule has 0 radical (unpaired) electrons. The number of primary amides is 1. The predicted molar refractivity (Wildman–Crippen MR) is 148 cm³/mol. The SMILES string of the molecule is CCCc1nc(C)n(-c2ccc(OC(C)C(N)=O)cc2)c(=O)c1Cc1ccc(C2=CC=CCC2C#N)cc1. The van der Waals surface area contributed by atoms with Gasteiger partial charge in [-0.05, 0) is 67.7 Å². The molecule has 0 aliphatic heterocycles. The van der Waals surface area contributed by atoms with E-state index in [1.807, 2.05) is 49.4 Å². The van der Waals surface area contributed by atoms with Gasteiger partial charge in [0.2, 0.25) is 0 Å². The van der Waals surface area contributed by atoms with Crippen LogP contribution in [-0.2, 0) is 17.6 Å². The minimum Gasteiger partial charge on any atom is -0.481 e. The molecule has 0 bridgehead atoms. The van der Waals surface area contributed by atoms with Gasteiger partial charge in [0.15, 0.2) is 6.10 Å². The van der Waals surface area contributed by atoms with Crippen LogP contribution in [0.1, 0.15) is 54.9 Å². The fourth-order valence-corrected chi connectivity index (χ4v) is 4.65. The lowest BCUT2D eigenvalue weighted by atomic mass is 9.87. The smallest absolute Gasteiger partial charge is 0.261 e. The highest BCUT2D eigenvalue weighted by Gasteiger charge is 2.19. The number of amides is 1. The number of aryl methyl sites for hydroxylation is 2. The molecule has 7 nitrogen and oxygen atoms in total. The number of rotatable bonds is 9. The molecule has 2 atom stereocenters. The van der Waals surface area contributed by atoms with Crippen LogP contribution in [-0.4, -0.2) is 21.6 Å². The Hall–Kier alpha value is -4.44. The second kappa shape index (κ2) is 11.7. The first-order valence-electron chi connectivity index (χ1n) is 12.9. The van der Waals surface area contributed by atoms with E-state index in [9.17, 15) is 14.9 Å². The monoisotopic (exact) mass is 508 g/mol. The number of carbonyl (C=O) groups is 1. The number of nitriles is 1. The second-order valence-electron chi connectivity index (χ2n) is 9.47. The largest absolute Gasteiger partial charge is 0.481 e. The van der Waals surface area contributed by atoms with E-state index in [1.54, 1.807) is 35.8 Å². The maximum absolute atomic E-state index is 13.8. The molecule has 2 aromatic carbocycles. The van der Waals surface area contributed by atoms with E-state index in [2.05, 4.69) is 13.0 Å². The second-order valence-corrected chi connectivity index (χ2v) is 9.47. The first-order valence-corrected chi connectivity index (χ1v) is 12.9. The Morgan fingerprint density at radius 1 is 1.21 bits per heavy atom. The summed E-state index contributed by atoms with van der Waals surface area (Å²) < 4.78 is 7.16. The Kier molecular flexibility index (Phi) is 8.22. The highest BCUT2D eigenvalue weighted by Crippen LogP contribution is 2.29. The van der Waals surface area contributed by atoms with Crippen LogP contribution in [0.2, 0.25) is 0 Å². The summed E-state index contributed by atoms with van der Waals surface area (Å²) in [4.78, 5) is 29.9. The van der Waals surface area contributed by atoms with Crippen molar-refractivity contribution in [2.75, 3.05) is 0 Å². The summed E-state index contributed by atoms with van der Waals surface area (Å²) in [7, 11) is 0. The van der Waals surface area contributed by atoms with E-state index in [1.165, 1.54) is 0 Å². The molecule has 1 aromatic heterocycles. The molecule has 0 spiro atoms. The lowest BCUT2D eigenvalue weighted by Gasteiger charge is -2.17. The van der Waals surface area contributed by atoms with Gasteiger partial charge in [0.1, 0.15) is 11.6 Å². The van der Waals surface area contributed by atoms with Crippen LogP contribution in [0.4, 0.5) is 0 Å². The number of aromatic nitrogens is 2. The number of nitrogens with two attached hydrogens (primary N) is 1. The predicted octanol–water partition coefficient (Wildman–Crippen LogP) is 4.82. The third-order valence-electron chi connectivity index (χ3n) is 6.71.